The molecule has 2 fully saturated rings. The fourth-order valence-corrected chi connectivity index (χ4v) is 3.98. The fraction of sp³-hybridized carbons (Fsp3) is 0.783. The SMILES string of the molecule is C#C[C@@H](CNC(=O)[C@@H]1CCCN(C(=O)CCC2CCNCC2)C1)C(=O)OCC(C)C. The van der Waals surface area contributed by atoms with E-state index in [1.165, 1.54) is 0 Å². The third kappa shape index (κ3) is 7.98. The average Bonchev–Trinajstić information content (AvgIpc) is 2.77. The molecule has 0 aromatic carbocycles. The molecule has 168 valence electrons. The Morgan fingerprint density at radius 2 is 1.97 bits per heavy atom. The van der Waals surface area contributed by atoms with Gasteiger partial charge in [-0.05, 0) is 57.0 Å². The molecule has 2 rings (SSSR count). The van der Waals surface area contributed by atoms with Crippen LogP contribution in [0.4, 0.5) is 0 Å². The summed E-state index contributed by atoms with van der Waals surface area (Å²) in [7, 11) is 0. The molecule has 0 radical (unpaired) electrons. The number of likely N-dealkylation sites (tertiary alicyclic amines) is 1. The number of rotatable bonds is 9. The molecule has 2 saturated heterocycles. The van der Waals surface area contributed by atoms with E-state index in [-0.39, 0.29) is 30.2 Å². The number of hydrogen-bond donors (Lipinski definition) is 2. The van der Waals surface area contributed by atoms with Crippen molar-refractivity contribution < 1.29 is 19.1 Å². The van der Waals surface area contributed by atoms with Crippen molar-refractivity contribution in [2.45, 2.75) is 52.4 Å². The van der Waals surface area contributed by atoms with Crippen LogP contribution in [0, 0.1) is 36.0 Å². The van der Waals surface area contributed by atoms with Crippen LogP contribution in [0.5, 0.6) is 0 Å². The highest BCUT2D eigenvalue weighted by Crippen LogP contribution is 2.21. The van der Waals surface area contributed by atoms with Crippen LogP contribution in [-0.4, -0.2) is 62.0 Å². The van der Waals surface area contributed by atoms with E-state index >= 15 is 0 Å². The van der Waals surface area contributed by atoms with Gasteiger partial charge in [-0.1, -0.05) is 19.8 Å². The van der Waals surface area contributed by atoms with E-state index in [1.807, 2.05) is 18.7 Å². The number of terminal acetylenes is 1. The van der Waals surface area contributed by atoms with E-state index < -0.39 is 11.9 Å². The van der Waals surface area contributed by atoms with Gasteiger partial charge in [-0.2, -0.15) is 0 Å². The number of nitrogens with zero attached hydrogens (tertiary/aromatic N) is 1. The minimum Gasteiger partial charge on any atom is -0.464 e. The molecule has 0 bridgehead atoms. The molecule has 30 heavy (non-hydrogen) atoms. The molecule has 0 spiro atoms. The monoisotopic (exact) mass is 419 g/mol. The van der Waals surface area contributed by atoms with E-state index in [0.717, 1.165) is 45.2 Å². The highest BCUT2D eigenvalue weighted by molar-refractivity contribution is 5.82. The molecule has 0 saturated carbocycles. The van der Waals surface area contributed by atoms with Crippen LogP contribution in [0.2, 0.25) is 0 Å². The first-order valence-electron chi connectivity index (χ1n) is 11.3. The summed E-state index contributed by atoms with van der Waals surface area (Å²) in [6, 6.07) is 0. The standard InChI is InChI=1S/C23H37N3O4/c1-4-19(23(29)30-16-17(2)3)14-25-22(28)20-6-5-13-26(15-20)21(27)8-7-18-9-11-24-12-10-18/h1,17-20,24H,5-16H2,2-3H3,(H,25,28)/t19-,20+/m0/s1. The van der Waals surface area contributed by atoms with Gasteiger partial charge >= 0.3 is 5.97 Å². The van der Waals surface area contributed by atoms with Crippen LogP contribution >= 0.6 is 0 Å². The summed E-state index contributed by atoms with van der Waals surface area (Å²) in [5.74, 6) is 1.71. The lowest BCUT2D eigenvalue weighted by molar-refractivity contribution is -0.147. The van der Waals surface area contributed by atoms with Gasteiger partial charge in [0.05, 0.1) is 12.5 Å². The Balaban J connectivity index is 1.75. The van der Waals surface area contributed by atoms with E-state index in [1.54, 1.807) is 0 Å². The predicted octanol–water partition coefficient (Wildman–Crippen LogP) is 1.57. The Kier molecular flexibility index (Phi) is 10.2. The number of amides is 2. The second kappa shape index (κ2) is 12.6. The van der Waals surface area contributed by atoms with Crippen molar-refractivity contribution in [1.29, 1.82) is 0 Å². The molecule has 2 N–H and O–H groups in total. The van der Waals surface area contributed by atoms with Gasteiger partial charge in [0, 0.05) is 26.1 Å². The summed E-state index contributed by atoms with van der Waals surface area (Å²) in [5, 5.41) is 6.13. The Morgan fingerprint density at radius 1 is 1.23 bits per heavy atom. The number of ether oxygens (including phenoxy) is 1. The van der Waals surface area contributed by atoms with E-state index in [9.17, 15) is 14.4 Å². The molecule has 2 amide bonds. The Morgan fingerprint density at radius 3 is 2.63 bits per heavy atom. The minimum atomic E-state index is -0.793. The average molecular weight is 420 g/mol. The first-order chi connectivity index (χ1) is 14.4. The predicted molar refractivity (Wildman–Crippen MR) is 115 cm³/mol. The molecule has 7 heteroatoms. The van der Waals surface area contributed by atoms with Gasteiger partial charge in [0.1, 0.15) is 5.92 Å². The molecule has 0 aromatic rings. The van der Waals surface area contributed by atoms with Crippen molar-refractivity contribution in [2.75, 3.05) is 39.3 Å². The number of nitrogens with one attached hydrogen (secondary N) is 2. The van der Waals surface area contributed by atoms with Gasteiger partial charge in [0.2, 0.25) is 11.8 Å². The molecule has 0 aliphatic carbocycles. The summed E-state index contributed by atoms with van der Waals surface area (Å²) in [4.78, 5) is 39.1. The number of piperidine rings is 2. The largest absolute Gasteiger partial charge is 0.464 e. The van der Waals surface area contributed by atoms with Gasteiger partial charge in [-0.15, -0.1) is 6.42 Å². The summed E-state index contributed by atoms with van der Waals surface area (Å²) < 4.78 is 5.17. The molecule has 2 heterocycles. The van der Waals surface area contributed by atoms with E-state index in [4.69, 9.17) is 11.2 Å². The zero-order valence-corrected chi connectivity index (χ0v) is 18.5. The minimum absolute atomic E-state index is 0.0619. The van der Waals surface area contributed by atoms with Crippen molar-refractivity contribution >= 4 is 17.8 Å². The molecule has 2 aliphatic heterocycles. The van der Waals surface area contributed by atoms with Crippen LogP contribution in [0.3, 0.4) is 0 Å². The van der Waals surface area contributed by atoms with Gasteiger partial charge in [0.15, 0.2) is 0 Å². The Hall–Kier alpha value is -2.07. The lowest BCUT2D eigenvalue weighted by Gasteiger charge is -2.33. The van der Waals surface area contributed by atoms with Gasteiger partial charge in [0.25, 0.3) is 0 Å². The molecule has 7 nitrogen and oxygen atoms in total. The zero-order chi connectivity index (χ0) is 21.9. The lowest BCUT2D eigenvalue weighted by Crippen LogP contribution is -2.46. The van der Waals surface area contributed by atoms with Gasteiger partial charge in [-0.3, -0.25) is 14.4 Å². The van der Waals surface area contributed by atoms with Crippen molar-refractivity contribution in [3.63, 3.8) is 0 Å². The summed E-state index contributed by atoms with van der Waals surface area (Å²) in [6.07, 6.45) is 10.7. The van der Waals surface area contributed by atoms with Crippen LogP contribution in [0.15, 0.2) is 0 Å². The van der Waals surface area contributed by atoms with Crippen molar-refractivity contribution in [3.05, 3.63) is 0 Å². The number of carbonyl (C=O) groups is 3. The topological polar surface area (TPSA) is 87.7 Å². The normalized spacial score (nSPS) is 21.0. The summed E-state index contributed by atoms with van der Waals surface area (Å²) in [6.45, 7) is 7.49. The smallest absolute Gasteiger partial charge is 0.322 e. The van der Waals surface area contributed by atoms with Crippen LogP contribution in [0.25, 0.3) is 0 Å². The molecular formula is C23H37N3O4. The van der Waals surface area contributed by atoms with Crippen molar-refractivity contribution in [3.8, 4) is 12.3 Å². The zero-order valence-electron chi connectivity index (χ0n) is 18.5. The van der Waals surface area contributed by atoms with E-state index in [0.29, 0.717) is 32.0 Å². The highest BCUT2D eigenvalue weighted by atomic mass is 16.5. The maximum absolute atomic E-state index is 12.6. The quantitative estimate of drug-likeness (QED) is 0.438. The van der Waals surface area contributed by atoms with Crippen molar-refractivity contribution in [1.82, 2.24) is 15.5 Å². The number of esters is 1. The first kappa shape index (κ1) is 24.2. The van der Waals surface area contributed by atoms with Crippen LogP contribution in [-0.2, 0) is 19.1 Å². The molecule has 0 unspecified atom stereocenters. The van der Waals surface area contributed by atoms with Gasteiger partial charge in [-0.25, -0.2) is 0 Å². The number of hydrogen-bond acceptors (Lipinski definition) is 5. The molecular weight excluding hydrogens is 382 g/mol. The number of carbonyl (C=O) groups excluding carboxylic acids is 3. The molecule has 2 aliphatic rings. The van der Waals surface area contributed by atoms with E-state index in [2.05, 4.69) is 16.6 Å². The second-order valence-corrected chi connectivity index (χ2v) is 8.90. The molecule has 2 atom stereocenters. The first-order valence-corrected chi connectivity index (χ1v) is 11.3. The van der Waals surface area contributed by atoms with Crippen LogP contribution in [0.1, 0.15) is 52.4 Å². The molecule has 0 aromatic heterocycles. The highest BCUT2D eigenvalue weighted by Gasteiger charge is 2.29. The third-order valence-electron chi connectivity index (χ3n) is 5.90. The summed E-state index contributed by atoms with van der Waals surface area (Å²) in [5.41, 5.74) is 0. The second-order valence-electron chi connectivity index (χ2n) is 8.90. The lowest BCUT2D eigenvalue weighted by atomic mass is 9.92. The van der Waals surface area contributed by atoms with Crippen LogP contribution < -0.4 is 10.6 Å². The Bertz CT molecular complexity index is 622. The Labute approximate surface area is 180 Å². The summed E-state index contributed by atoms with van der Waals surface area (Å²) >= 11 is 0. The fourth-order valence-electron chi connectivity index (χ4n) is 3.98. The van der Waals surface area contributed by atoms with Crippen molar-refractivity contribution in [2.24, 2.45) is 23.7 Å². The maximum Gasteiger partial charge on any atom is 0.322 e. The maximum atomic E-state index is 12.6. The third-order valence-corrected chi connectivity index (χ3v) is 5.90. The van der Waals surface area contributed by atoms with Gasteiger partial charge < -0.3 is 20.3 Å².